The highest BCUT2D eigenvalue weighted by Crippen LogP contribution is 2.29. The third kappa shape index (κ3) is 4.18. The zero-order chi connectivity index (χ0) is 21.2. The lowest BCUT2D eigenvalue weighted by atomic mass is 10.1. The van der Waals surface area contributed by atoms with E-state index in [0.29, 0.717) is 11.8 Å². The van der Waals surface area contributed by atoms with Crippen LogP contribution >= 0.6 is 0 Å². The van der Waals surface area contributed by atoms with Crippen LogP contribution < -0.4 is 21.1 Å². The van der Waals surface area contributed by atoms with Gasteiger partial charge in [0.25, 0.3) is 0 Å². The van der Waals surface area contributed by atoms with Gasteiger partial charge in [0.15, 0.2) is 0 Å². The fourth-order valence-corrected chi connectivity index (χ4v) is 3.92. The van der Waals surface area contributed by atoms with Crippen LogP contribution in [0.3, 0.4) is 0 Å². The van der Waals surface area contributed by atoms with Crippen molar-refractivity contribution in [1.82, 2.24) is 20.3 Å². The molecule has 7 heteroatoms. The maximum absolute atomic E-state index is 6.21. The van der Waals surface area contributed by atoms with Gasteiger partial charge in [-0.15, -0.1) is 0 Å². The molecule has 3 heterocycles. The van der Waals surface area contributed by atoms with E-state index in [1.807, 2.05) is 49.5 Å². The number of nitrogens with zero attached hydrogens (tertiary/aromatic N) is 2. The van der Waals surface area contributed by atoms with Crippen molar-refractivity contribution in [1.29, 1.82) is 0 Å². The first-order chi connectivity index (χ1) is 15.2. The lowest BCUT2D eigenvalue weighted by Crippen LogP contribution is -2.34. The van der Waals surface area contributed by atoms with Crippen LogP contribution in [0.15, 0.2) is 54.7 Å². The minimum absolute atomic E-state index is 0.278. The highest BCUT2D eigenvalue weighted by atomic mass is 16.5. The molecule has 5 N–H and O–H groups in total. The number of hydrogen-bond acceptors (Lipinski definition) is 6. The largest absolute Gasteiger partial charge is 0.490 e. The van der Waals surface area contributed by atoms with Crippen molar-refractivity contribution >= 4 is 28.4 Å². The van der Waals surface area contributed by atoms with Gasteiger partial charge in [-0.2, -0.15) is 4.98 Å². The second-order valence-electron chi connectivity index (χ2n) is 7.90. The molecule has 0 amide bonds. The lowest BCUT2D eigenvalue weighted by Gasteiger charge is -2.23. The van der Waals surface area contributed by atoms with Gasteiger partial charge in [-0.05, 0) is 75.3 Å². The van der Waals surface area contributed by atoms with Crippen molar-refractivity contribution in [2.75, 3.05) is 24.1 Å². The molecule has 0 saturated carbocycles. The van der Waals surface area contributed by atoms with E-state index in [1.165, 1.54) is 0 Å². The zero-order valence-corrected chi connectivity index (χ0v) is 17.5. The molecule has 0 aliphatic carbocycles. The van der Waals surface area contributed by atoms with E-state index >= 15 is 0 Å². The second kappa shape index (κ2) is 8.28. The maximum Gasteiger partial charge on any atom is 0.229 e. The second-order valence-corrected chi connectivity index (χ2v) is 7.90. The summed E-state index contributed by atoms with van der Waals surface area (Å²) >= 11 is 0. The first-order valence-corrected chi connectivity index (χ1v) is 10.6. The molecule has 5 rings (SSSR count). The summed E-state index contributed by atoms with van der Waals surface area (Å²) < 4.78 is 6.08. The molecular formula is C24H26N6O. The Hall–Kier alpha value is -3.58. The highest BCUT2D eigenvalue weighted by molar-refractivity contribution is 5.85. The number of hydrogen-bond donors (Lipinski definition) is 4. The molecule has 0 spiro atoms. The Balaban J connectivity index is 1.36. The van der Waals surface area contributed by atoms with Gasteiger partial charge < -0.3 is 26.1 Å². The van der Waals surface area contributed by atoms with Gasteiger partial charge >= 0.3 is 0 Å². The Bertz CT molecular complexity index is 1190. The first kappa shape index (κ1) is 19.4. The number of ether oxygens (including phenoxy) is 1. The first-order valence-electron chi connectivity index (χ1n) is 10.6. The predicted octanol–water partition coefficient (Wildman–Crippen LogP) is 4.39. The Morgan fingerprint density at radius 1 is 1.03 bits per heavy atom. The number of nitrogen functional groups attached to an aromatic ring is 1. The van der Waals surface area contributed by atoms with Crippen LogP contribution in [-0.4, -0.2) is 34.1 Å². The summed E-state index contributed by atoms with van der Waals surface area (Å²) in [4.78, 5) is 12.4. The molecule has 1 aliphatic rings. The van der Waals surface area contributed by atoms with Crippen molar-refractivity contribution in [3.8, 4) is 17.0 Å². The number of aromatic nitrogens is 3. The Kier molecular flexibility index (Phi) is 5.18. The van der Waals surface area contributed by atoms with Gasteiger partial charge in [0, 0.05) is 33.9 Å². The summed E-state index contributed by atoms with van der Waals surface area (Å²) in [5.74, 6) is 1.81. The molecule has 0 bridgehead atoms. The fourth-order valence-electron chi connectivity index (χ4n) is 3.92. The molecule has 2 aromatic carbocycles. The Morgan fingerprint density at radius 2 is 1.84 bits per heavy atom. The zero-order valence-electron chi connectivity index (χ0n) is 17.5. The normalized spacial score (nSPS) is 14.6. The Labute approximate surface area is 181 Å². The summed E-state index contributed by atoms with van der Waals surface area (Å²) in [6.07, 6.45) is 4.28. The molecule has 7 nitrogen and oxygen atoms in total. The SMILES string of the molecule is Cc1c(N)nc(Nc2ccc(OC3CCNCC3)cc2)nc1-c1ccc2[nH]ccc2c1. The van der Waals surface area contributed by atoms with E-state index in [9.17, 15) is 0 Å². The standard InChI is InChI=1S/C24H26N6O/c1-15-22(17-2-7-21-16(14-17)8-13-27-21)29-24(30-23(15)25)28-18-3-5-19(6-4-18)31-20-9-11-26-12-10-20/h2-8,13-14,20,26-27H,9-12H2,1H3,(H3,25,28,29,30). The number of H-pyrrole nitrogens is 1. The smallest absolute Gasteiger partial charge is 0.229 e. The molecule has 4 aromatic rings. The van der Waals surface area contributed by atoms with Crippen LogP contribution in [0.2, 0.25) is 0 Å². The Morgan fingerprint density at radius 3 is 2.65 bits per heavy atom. The molecule has 31 heavy (non-hydrogen) atoms. The molecular weight excluding hydrogens is 388 g/mol. The van der Waals surface area contributed by atoms with Gasteiger partial charge in [-0.25, -0.2) is 4.98 Å². The molecule has 1 aliphatic heterocycles. The van der Waals surface area contributed by atoms with E-state index in [1.54, 1.807) is 0 Å². The number of aromatic amines is 1. The van der Waals surface area contributed by atoms with Gasteiger partial charge in [-0.3, -0.25) is 0 Å². The molecule has 0 unspecified atom stereocenters. The van der Waals surface area contributed by atoms with Crippen molar-refractivity contribution in [3.63, 3.8) is 0 Å². The van der Waals surface area contributed by atoms with Gasteiger partial charge in [-0.1, -0.05) is 6.07 Å². The number of nitrogens with two attached hydrogens (primary N) is 1. The van der Waals surface area contributed by atoms with Crippen LogP contribution in [0.5, 0.6) is 5.75 Å². The summed E-state index contributed by atoms with van der Waals surface area (Å²) in [5, 5.41) is 7.76. The molecule has 158 valence electrons. The lowest BCUT2D eigenvalue weighted by molar-refractivity contribution is 0.162. The topological polar surface area (TPSA) is 101 Å². The van der Waals surface area contributed by atoms with Crippen LogP contribution in [0.4, 0.5) is 17.5 Å². The van der Waals surface area contributed by atoms with E-state index in [2.05, 4.69) is 32.7 Å². The third-order valence-electron chi connectivity index (χ3n) is 5.71. The number of benzene rings is 2. The average molecular weight is 415 g/mol. The minimum Gasteiger partial charge on any atom is -0.490 e. The predicted molar refractivity (Wildman–Crippen MR) is 125 cm³/mol. The van der Waals surface area contributed by atoms with Crippen LogP contribution in [-0.2, 0) is 0 Å². The highest BCUT2D eigenvalue weighted by Gasteiger charge is 2.15. The summed E-state index contributed by atoms with van der Waals surface area (Å²) in [6.45, 7) is 3.97. The minimum atomic E-state index is 0.278. The number of rotatable bonds is 5. The van der Waals surface area contributed by atoms with Crippen molar-refractivity contribution in [3.05, 3.63) is 60.3 Å². The van der Waals surface area contributed by atoms with E-state index in [4.69, 9.17) is 15.5 Å². The summed E-state index contributed by atoms with van der Waals surface area (Å²) in [5.41, 5.74) is 10.9. The number of nitrogens with one attached hydrogen (secondary N) is 3. The van der Waals surface area contributed by atoms with Gasteiger partial charge in [0.1, 0.15) is 17.7 Å². The van der Waals surface area contributed by atoms with Crippen molar-refractivity contribution < 1.29 is 4.74 Å². The third-order valence-corrected chi connectivity index (χ3v) is 5.71. The average Bonchev–Trinajstić information content (AvgIpc) is 3.26. The molecule has 0 radical (unpaired) electrons. The summed E-state index contributed by atoms with van der Waals surface area (Å²) in [6, 6.07) is 16.2. The van der Waals surface area contributed by atoms with Gasteiger partial charge in [0.05, 0.1) is 5.69 Å². The number of piperidine rings is 1. The van der Waals surface area contributed by atoms with Crippen molar-refractivity contribution in [2.24, 2.45) is 0 Å². The monoisotopic (exact) mass is 414 g/mol. The fraction of sp³-hybridized carbons (Fsp3) is 0.250. The van der Waals surface area contributed by atoms with E-state index in [0.717, 1.165) is 65.1 Å². The molecule has 0 atom stereocenters. The number of fused-ring (bicyclic) bond motifs is 1. The quantitative estimate of drug-likeness (QED) is 0.386. The maximum atomic E-state index is 6.21. The van der Waals surface area contributed by atoms with E-state index < -0.39 is 0 Å². The number of anilines is 3. The van der Waals surface area contributed by atoms with E-state index in [-0.39, 0.29) is 6.10 Å². The molecule has 2 aromatic heterocycles. The van der Waals surface area contributed by atoms with Crippen molar-refractivity contribution in [2.45, 2.75) is 25.9 Å². The van der Waals surface area contributed by atoms with Gasteiger partial charge in [0.2, 0.25) is 5.95 Å². The van der Waals surface area contributed by atoms with Crippen LogP contribution in [0.1, 0.15) is 18.4 Å². The molecule has 1 saturated heterocycles. The summed E-state index contributed by atoms with van der Waals surface area (Å²) in [7, 11) is 0. The van der Waals surface area contributed by atoms with Crippen LogP contribution in [0, 0.1) is 6.92 Å². The van der Waals surface area contributed by atoms with Crippen LogP contribution in [0.25, 0.3) is 22.2 Å². The molecule has 1 fully saturated rings.